The Morgan fingerprint density at radius 3 is 2.64 bits per heavy atom. The summed E-state index contributed by atoms with van der Waals surface area (Å²) >= 11 is 0.945. The molecular formula is C9H13O3PS. The summed E-state index contributed by atoms with van der Waals surface area (Å²) in [5.74, 6) is 0.495. The molecule has 0 amide bonds. The van der Waals surface area contributed by atoms with Crippen molar-refractivity contribution in [3.05, 3.63) is 35.9 Å². The molecule has 0 aliphatic rings. The molecule has 1 unspecified atom stereocenters. The minimum atomic E-state index is -3.44. The quantitative estimate of drug-likeness (QED) is 0.792. The Balaban J connectivity index is 2.45. The van der Waals surface area contributed by atoms with Gasteiger partial charge < -0.3 is 9.42 Å². The zero-order chi connectivity index (χ0) is 10.4. The lowest BCUT2D eigenvalue weighted by atomic mass is 10.2. The van der Waals surface area contributed by atoms with E-state index in [9.17, 15) is 9.46 Å². The van der Waals surface area contributed by atoms with Crippen LogP contribution in [-0.2, 0) is 14.8 Å². The largest absolute Gasteiger partial charge is 0.386 e. The Bertz CT molecular complexity index is 315. The lowest BCUT2D eigenvalue weighted by molar-refractivity contribution is 0.291. The molecule has 0 saturated carbocycles. The third-order valence-electron chi connectivity index (χ3n) is 1.53. The van der Waals surface area contributed by atoms with E-state index in [1.807, 2.05) is 30.3 Å². The van der Waals surface area contributed by atoms with Gasteiger partial charge in [-0.05, 0) is 23.9 Å². The summed E-state index contributed by atoms with van der Waals surface area (Å²) in [4.78, 5) is 9.27. The first-order valence-corrected chi connectivity index (χ1v) is 7.46. The number of rotatable bonds is 5. The molecular weight excluding hydrogens is 219 g/mol. The van der Waals surface area contributed by atoms with Crippen molar-refractivity contribution in [3.63, 3.8) is 0 Å². The van der Waals surface area contributed by atoms with Crippen LogP contribution in [0.5, 0.6) is 0 Å². The van der Waals surface area contributed by atoms with Crippen LogP contribution in [0, 0.1) is 0 Å². The maximum atomic E-state index is 11.3. The van der Waals surface area contributed by atoms with Crippen LogP contribution in [0.25, 0.3) is 0 Å². The van der Waals surface area contributed by atoms with Crippen molar-refractivity contribution in [1.29, 1.82) is 0 Å². The van der Waals surface area contributed by atoms with E-state index >= 15 is 0 Å². The van der Waals surface area contributed by atoms with Crippen molar-refractivity contribution >= 4 is 18.2 Å². The van der Waals surface area contributed by atoms with E-state index in [1.165, 1.54) is 0 Å². The maximum absolute atomic E-state index is 11.3. The van der Waals surface area contributed by atoms with Gasteiger partial charge in [0.2, 0.25) is 0 Å². The average Bonchev–Trinajstić information content (AvgIpc) is 2.17. The molecule has 0 aliphatic carbocycles. The van der Waals surface area contributed by atoms with Crippen LogP contribution in [-0.4, -0.2) is 11.5 Å². The highest BCUT2D eigenvalue weighted by Gasteiger charge is 2.18. The lowest BCUT2D eigenvalue weighted by Crippen LogP contribution is -1.86. The summed E-state index contributed by atoms with van der Waals surface area (Å²) in [6, 6.07) is 9.55. The fraction of sp³-hybridized carbons (Fsp3) is 0.333. The standard InChI is InChI=1S/C9H13O3PS/c1-2-12-13(10,11)14-8-9-6-4-3-5-7-9/h3-7H,2,8H2,1H3,(H,10,11). The number of hydrogen-bond donors (Lipinski definition) is 1. The van der Waals surface area contributed by atoms with Crippen molar-refractivity contribution in [2.24, 2.45) is 0 Å². The average molecular weight is 232 g/mol. The molecule has 3 nitrogen and oxygen atoms in total. The minimum Gasteiger partial charge on any atom is -0.316 e. The highest BCUT2D eigenvalue weighted by molar-refractivity contribution is 8.54. The van der Waals surface area contributed by atoms with Crippen molar-refractivity contribution in [3.8, 4) is 0 Å². The molecule has 0 bridgehead atoms. The lowest BCUT2D eigenvalue weighted by Gasteiger charge is -2.09. The van der Waals surface area contributed by atoms with Gasteiger partial charge >= 0.3 is 6.80 Å². The Morgan fingerprint density at radius 1 is 1.43 bits per heavy atom. The molecule has 14 heavy (non-hydrogen) atoms. The number of hydrogen-bond acceptors (Lipinski definition) is 3. The van der Waals surface area contributed by atoms with Crippen molar-refractivity contribution in [2.75, 3.05) is 6.61 Å². The predicted octanol–water partition coefficient (Wildman–Crippen LogP) is 3.06. The van der Waals surface area contributed by atoms with Crippen molar-refractivity contribution in [2.45, 2.75) is 12.7 Å². The van der Waals surface area contributed by atoms with Crippen molar-refractivity contribution < 1.29 is 14.0 Å². The van der Waals surface area contributed by atoms with Gasteiger partial charge in [0, 0.05) is 5.75 Å². The van der Waals surface area contributed by atoms with Crippen LogP contribution in [0.3, 0.4) is 0 Å². The highest BCUT2D eigenvalue weighted by Crippen LogP contribution is 2.56. The summed E-state index contributed by atoms with van der Waals surface area (Å²) in [6.07, 6.45) is 0. The van der Waals surface area contributed by atoms with Crippen LogP contribution in [0.15, 0.2) is 30.3 Å². The summed E-state index contributed by atoms with van der Waals surface area (Å²) in [6.45, 7) is -1.48. The predicted molar refractivity (Wildman–Crippen MR) is 59.2 cm³/mol. The van der Waals surface area contributed by atoms with E-state index in [4.69, 9.17) is 4.52 Å². The van der Waals surface area contributed by atoms with Gasteiger partial charge in [-0.1, -0.05) is 30.3 Å². The molecule has 1 aromatic rings. The molecule has 1 N–H and O–H groups in total. The molecule has 1 atom stereocenters. The Hall–Kier alpha value is -0.280. The molecule has 0 aromatic heterocycles. The maximum Gasteiger partial charge on any atom is 0.386 e. The zero-order valence-electron chi connectivity index (χ0n) is 7.92. The van der Waals surface area contributed by atoms with Crippen LogP contribution >= 0.6 is 18.2 Å². The van der Waals surface area contributed by atoms with Gasteiger partial charge in [0.1, 0.15) is 0 Å². The molecule has 0 radical (unpaired) electrons. The molecule has 1 aromatic carbocycles. The topological polar surface area (TPSA) is 46.5 Å². The van der Waals surface area contributed by atoms with Crippen LogP contribution in [0.4, 0.5) is 0 Å². The van der Waals surface area contributed by atoms with Crippen LogP contribution in [0.1, 0.15) is 12.5 Å². The van der Waals surface area contributed by atoms with Gasteiger partial charge in [0.05, 0.1) is 6.61 Å². The Morgan fingerprint density at radius 2 is 2.07 bits per heavy atom. The summed E-state index contributed by atoms with van der Waals surface area (Å²) in [5.41, 5.74) is 1.02. The second-order valence-electron chi connectivity index (χ2n) is 2.65. The molecule has 78 valence electrons. The number of benzene rings is 1. The van der Waals surface area contributed by atoms with E-state index in [-0.39, 0.29) is 6.61 Å². The van der Waals surface area contributed by atoms with E-state index in [2.05, 4.69) is 0 Å². The van der Waals surface area contributed by atoms with E-state index < -0.39 is 6.80 Å². The Labute approximate surface area is 87.8 Å². The second-order valence-corrected chi connectivity index (χ2v) is 6.55. The van der Waals surface area contributed by atoms with Gasteiger partial charge in [-0.25, -0.2) is 4.57 Å². The van der Waals surface area contributed by atoms with E-state index in [0.717, 1.165) is 16.9 Å². The van der Waals surface area contributed by atoms with Gasteiger partial charge in [0.15, 0.2) is 0 Å². The highest BCUT2D eigenvalue weighted by atomic mass is 32.7. The first-order chi connectivity index (χ1) is 6.64. The van der Waals surface area contributed by atoms with E-state index in [1.54, 1.807) is 6.92 Å². The third-order valence-corrected chi connectivity index (χ3v) is 4.59. The Kier molecular flexibility index (Phi) is 4.69. The minimum absolute atomic E-state index is 0.259. The second kappa shape index (κ2) is 5.56. The fourth-order valence-corrected chi connectivity index (χ4v) is 3.31. The van der Waals surface area contributed by atoms with Gasteiger partial charge in [0.25, 0.3) is 0 Å². The van der Waals surface area contributed by atoms with Gasteiger partial charge in [-0.2, -0.15) is 0 Å². The monoisotopic (exact) mass is 232 g/mol. The van der Waals surface area contributed by atoms with Crippen molar-refractivity contribution in [1.82, 2.24) is 0 Å². The normalized spacial score (nSPS) is 15.0. The smallest absolute Gasteiger partial charge is 0.316 e. The fourth-order valence-electron chi connectivity index (χ4n) is 0.931. The molecule has 0 saturated heterocycles. The first-order valence-electron chi connectivity index (χ1n) is 4.30. The molecule has 0 spiro atoms. The summed E-state index contributed by atoms with van der Waals surface area (Å²) in [7, 11) is 0. The summed E-state index contributed by atoms with van der Waals surface area (Å²) in [5, 5.41) is 0. The molecule has 0 aliphatic heterocycles. The van der Waals surface area contributed by atoms with Gasteiger partial charge in [-0.15, -0.1) is 0 Å². The SMILES string of the molecule is CCOP(=O)(O)SCc1ccccc1. The summed E-state index contributed by atoms with van der Waals surface area (Å²) < 4.78 is 16.0. The van der Waals surface area contributed by atoms with Gasteiger partial charge in [-0.3, -0.25) is 0 Å². The molecule has 0 heterocycles. The molecule has 5 heteroatoms. The van der Waals surface area contributed by atoms with Crippen LogP contribution < -0.4 is 0 Å². The first kappa shape index (κ1) is 11.8. The van der Waals surface area contributed by atoms with E-state index in [0.29, 0.717) is 5.75 Å². The third kappa shape index (κ3) is 4.29. The molecule has 0 fully saturated rings. The van der Waals surface area contributed by atoms with Crippen LogP contribution in [0.2, 0.25) is 0 Å². The zero-order valence-corrected chi connectivity index (χ0v) is 9.63. The molecule has 1 rings (SSSR count).